The Hall–Kier alpha value is -0.830. The summed E-state index contributed by atoms with van der Waals surface area (Å²) in [7, 11) is 0. The van der Waals surface area contributed by atoms with E-state index in [1.54, 1.807) is 0 Å². The number of nitrogens with zero attached hydrogens (tertiary/aromatic N) is 2. The van der Waals surface area contributed by atoms with Crippen molar-refractivity contribution in [3.63, 3.8) is 0 Å². The molecule has 0 fully saturated rings. The number of rotatable bonds is 5. The van der Waals surface area contributed by atoms with Crippen LogP contribution in [0.15, 0.2) is 6.07 Å². The van der Waals surface area contributed by atoms with Crippen LogP contribution in [0.25, 0.3) is 0 Å². The highest BCUT2D eigenvalue weighted by Crippen LogP contribution is 2.13. The minimum Gasteiger partial charge on any atom is -0.330 e. The van der Waals surface area contributed by atoms with E-state index >= 15 is 0 Å². The molecule has 0 radical (unpaired) electrons. The average molecular weight is 195 g/mol. The summed E-state index contributed by atoms with van der Waals surface area (Å²) in [5.74, 6) is 0. The smallest absolute Gasteiger partial charge is 0.0640 e. The van der Waals surface area contributed by atoms with E-state index in [-0.39, 0.29) is 0 Å². The fourth-order valence-corrected chi connectivity index (χ4v) is 1.65. The van der Waals surface area contributed by atoms with E-state index in [1.807, 2.05) is 0 Å². The second kappa shape index (κ2) is 5.15. The standard InChI is InChI=1S/C11H21N3/c1-4-5-11-8-10(6-7-12)13-14(11)9(2)3/h8-9H,4-7,12H2,1-3H3. The van der Waals surface area contributed by atoms with Crippen molar-refractivity contribution in [3.05, 3.63) is 17.5 Å². The molecule has 14 heavy (non-hydrogen) atoms. The van der Waals surface area contributed by atoms with Gasteiger partial charge in [-0.25, -0.2) is 0 Å². The van der Waals surface area contributed by atoms with Crippen molar-refractivity contribution in [2.24, 2.45) is 5.73 Å². The van der Waals surface area contributed by atoms with Gasteiger partial charge in [-0.1, -0.05) is 13.3 Å². The van der Waals surface area contributed by atoms with Crippen LogP contribution in [0.2, 0.25) is 0 Å². The van der Waals surface area contributed by atoms with Gasteiger partial charge < -0.3 is 5.73 Å². The molecule has 3 heteroatoms. The van der Waals surface area contributed by atoms with Gasteiger partial charge in [0.15, 0.2) is 0 Å². The van der Waals surface area contributed by atoms with E-state index in [2.05, 4.69) is 36.6 Å². The lowest BCUT2D eigenvalue weighted by molar-refractivity contribution is 0.502. The molecule has 0 atom stereocenters. The molecule has 0 saturated carbocycles. The van der Waals surface area contributed by atoms with Gasteiger partial charge in [0.1, 0.15) is 0 Å². The van der Waals surface area contributed by atoms with Crippen LogP contribution in [0, 0.1) is 0 Å². The number of hydrogen-bond donors (Lipinski definition) is 1. The lowest BCUT2D eigenvalue weighted by Gasteiger charge is -2.09. The van der Waals surface area contributed by atoms with Gasteiger partial charge in [-0.15, -0.1) is 0 Å². The third-order valence-electron chi connectivity index (χ3n) is 2.26. The third-order valence-corrected chi connectivity index (χ3v) is 2.26. The van der Waals surface area contributed by atoms with Crippen LogP contribution >= 0.6 is 0 Å². The summed E-state index contributed by atoms with van der Waals surface area (Å²) in [5.41, 5.74) is 7.99. The molecule has 0 aliphatic rings. The quantitative estimate of drug-likeness (QED) is 0.780. The van der Waals surface area contributed by atoms with Crippen LogP contribution in [0.4, 0.5) is 0 Å². The Kier molecular flexibility index (Phi) is 4.14. The Balaban J connectivity index is 2.87. The fraction of sp³-hybridized carbons (Fsp3) is 0.727. The van der Waals surface area contributed by atoms with Crippen molar-refractivity contribution in [1.29, 1.82) is 0 Å². The predicted octanol–water partition coefficient (Wildman–Crippen LogP) is 1.92. The Morgan fingerprint density at radius 2 is 2.14 bits per heavy atom. The highest BCUT2D eigenvalue weighted by atomic mass is 15.3. The molecule has 80 valence electrons. The van der Waals surface area contributed by atoms with Crippen LogP contribution in [0.1, 0.15) is 44.6 Å². The first-order valence-electron chi connectivity index (χ1n) is 5.46. The SMILES string of the molecule is CCCc1cc(CCN)nn1C(C)C. The Bertz CT molecular complexity index is 276. The van der Waals surface area contributed by atoms with Crippen LogP contribution in [-0.2, 0) is 12.8 Å². The van der Waals surface area contributed by atoms with Crippen LogP contribution in [0.5, 0.6) is 0 Å². The molecule has 0 aliphatic carbocycles. The topological polar surface area (TPSA) is 43.8 Å². The lowest BCUT2D eigenvalue weighted by atomic mass is 10.2. The Labute approximate surface area is 86.3 Å². The molecule has 3 nitrogen and oxygen atoms in total. The molecular formula is C11H21N3. The summed E-state index contributed by atoms with van der Waals surface area (Å²) in [6, 6.07) is 2.64. The highest BCUT2D eigenvalue weighted by molar-refractivity contribution is 5.11. The molecule has 1 aromatic rings. The van der Waals surface area contributed by atoms with Gasteiger partial charge in [0.25, 0.3) is 0 Å². The van der Waals surface area contributed by atoms with Gasteiger partial charge in [-0.05, 0) is 32.9 Å². The molecule has 0 amide bonds. The molecule has 0 bridgehead atoms. The molecule has 0 saturated heterocycles. The largest absolute Gasteiger partial charge is 0.330 e. The second-order valence-electron chi connectivity index (χ2n) is 3.95. The van der Waals surface area contributed by atoms with E-state index in [0.29, 0.717) is 12.6 Å². The number of aromatic nitrogens is 2. The van der Waals surface area contributed by atoms with Crippen LogP contribution in [-0.4, -0.2) is 16.3 Å². The maximum absolute atomic E-state index is 5.52. The predicted molar refractivity (Wildman–Crippen MR) is 59.4 cm³/mol. The molecule has 0 aromatic carbocycles. The van der Waals surface area contributed by atoms with Gasteiger partial charge in [-0.3, -0.25) is 4.68 Å². The number of aryl methyl sites for hydroxylation is 1. The third kappa shape index (κ3) is 2.58. The molecule has 0 unspecified atom stereocenters. The Morgan fingerprint density at radius 1 is 1.43 bits per heavy atom. The van der Waals surface area contributed by atoms with Gasteiger partial charge in [0.05, 0.1) is 5.69 Å². The van der Waals surface area contributed by atoms with E-state index in [0.717, 1.165) is 18.5 Å². The van der Waals surface area contributed by atoms with E-state index in [9.17, 15) is 0 Å². The zero-order chi connectivity index (χ0) is 10.6. The number of nitrogens with two attached hydrogens (primary N) is 1. The van der Waals surface area contributed by atoms with E-state index in [4.69, 9.17) is 5.73 Å². The maximum atomic E-state index is 5.52. The molecule has 1 aromatic heterocycles. The summed E-state index contributed by atoms with van der Waals surface area (Å²) < 4.78 is 2.12. The van der Waals surface area contributed by atoms with E-state index in [1.165, 1.54) is 12.1 Å². The lowest BCUT2D eigenvalue weighted by Crippen LogP contribution is -2.08. The summed E-state index contributed by atoms with van der Waals surface area (Å²) in [6.45, 7) is 7.21. The van der Waals surface area contributed by atoms with Crippen molar-refractivity contribution < 1.29 is 0 Å². The van der Waals surface area contributed by atoms with E-state index < -0.39 is 0 Å². The molecule has 1 rings (SSSR count). The first-order chi connectivity index (χ1) is 6.69. The molecular weight excluding hydrogens is 174 g/mol. The minimum absolute atomic E-state index is 0.447. The van der Waals surface area contributed by atoms with Gasteiger partial charge >= 0.3 is 0 Å². The molecule has 0 spiro atoms. The van der Waals surface area contributed by atoms with Crippen molar-refractivity contribution in [2.75, 3.05) is 6.54 Å². The molecule has 2 N–H and O–H groups in total. The van der Waals surface area contributed by atoms with Crippen LogP contribution < -0.4 is 5.73 Å². The summed E-state index contributed by atoms with van der Waals surface area (Å²) in [5, 5.41) is 4.55. The highest BCUT2D eigenvalue weighted by Gasteiger charge is 2.08. The van der Waals surface area contributed by atoms with Gasteiger partial charge in [0.2, 0.25) is 0 Å². The van der Waals surface area contributed by atoms with Crippen molar-refractivity contribution in [2.45, 2.75) is 46.1 Å². The van der Waals surface area contributed by atoms with Crippen LogP contribution in [0.3, 0.4) is 0 Å². The maximum Gasteiger partial charge on any atom is 0.0640 e. The first-order valence-corrected chi connectivity index (χ1v) is 5.46. The normalized spacial score (nSPS) is 11.2. The molecule has 1 heterocycles. The zero-order valence-electron chi connectivity index (χ0n) is 9.45. The van der Waals surface area contributed by atoms with Gasteiger partial charge in [-0.2, -0.15) is 5.10 Å². The van der Waals surface area contributed by atoms with Crippen molar-refractivity contribution in [1.82, 2.24) is 9.78 Å². The minimum atomic E-state index is 0.447. The average Bonchev–Trinajstić information content (AvgIpc) is 2.49. The van der Waals surface area contributed by atoms with Crippen molar-refractivity contribution >= 4 is 0 Å². The summed E-state index contributed by atoms with van der Waals surface area (Å²) in [4.78, 5) is 0. The summed E-state index contributed by atoms with van der Waals surface area (Å²) >= 11 is 0. The zero-order valence-corrected chi connectivity index (χ0v) is 9.45. The Morgan fingerprint density at radius 3 is 2.64 bits per heavy atom. The second-order valence-corrected chi connectivity index (χ2v) is 3.95. The monoisotopic (exact) mass is 195 g/mol. The molecule has 0 aliphatic heterocycles. The first kappa shape index (κ1) is 11.2. The van der Waals surface area contributed by atoms with Gasteiger partial charge in [0, 0.05) is 18.2 Å². The number of hydrogen-bond acceptors (Lipinski definition) is 2. The fourth-order valence-electron chi connectivity index (χ4n) is 1.65. The van der Waals surface area contributed by atoms with Crippen molar-refractivity contribution in [3.8, 4) is 0 Å². The summed E-state index contributed by atoms with van der Waals surface area (Å²) in [6.07, 6.45) is 3.16.